The van der Waals surface area contributed by atoms with Gasteiger partial charge in [-0.3, -0.25) is 0 Å². The van der Waals surface area contributed by atoms with Gasteiger partial charge in [-0.05, 0) is 56.3 Å². The fourth-order valence-corrected chi connectivity index (χ4v) is 2.59. The summed E-state index contributed by atoms with van der Waals surface area (Å²) >= 11 is 0. The van der Waals surface area contributed by atoms with Crippen LogP contribution < -0.4 is 5.32 Å². The maximum atomic E-state index is 3.37. The summed E-state index contributed by atoms with van der Waals surface area (Å²) in [4.78, 5) is 0. The van der Waals surface area contributed by atoms with Crippen molar-refractivity contribution in [1.29, 1.82) is 0 Å². The zero-order valence-corrected chi connectivity index (χ0v) is 9.30. The molecule has 0 fully saturated rings. The van der Waals surface area contributed by atoms with Gasteiger partial charge in [-0.2, -0.15) is 0 Å². The Morgan fingerprint density at radius 1 is 1.43 bits per heavy atom. The Bertz CT molecular complexity index is 330. The van der Waals surface area contributed by atoms with Crippen LogP contribution in [0.25, 0.3) is 0 Å². The number of fused-ring (bicyclic) bond motifs is 1. The minimum atomic E-state index is 0.595. The number of benzene rings is 1. The van der Waals surface area contributed by atoms with E-state index in [0.717, 1.165) is 5.92 Å². The van der Waals surface area contributed by atoms with Crippen LogP contribution in [0.15, 0.2) is 18.2 Å². The second-order valence-electron chi connectivity index (χ2n) is 4.37. The van der Waals surface area contributed by atoms with Gasteiger partial charge in [0.15, 0.2) is 0 Å². The molecule has 0 heterocycles. The maximum absolute atomic E-state index is 3.37. The molecule has 0 saturated heterocycles. The summed E-state index contributed by atoms with van der Waals surface area (Å²) in [6.07, 6.45) is 2.57. The first-order chi connectivity index (χ1) is 6.74. The van der Waals surface area contributed by atoms with Gasteiger partial charge in [-0.15, -0.1) is 0 Å². The Labute approximate surface area is 86.5 Å². The number of hydrogen-bond acceptors (Lipinski definition) is 1. The van der Waals surface area contributed by atoms with Crippen molar-refractivity contribution in [1.82, 2.24) is 5.32 Å². The van der Waals surface area contributed by atoms with Gasteiger partial charge >= 0.3 is 0 Å². The van der Waals surface area contributed by atoms with Crippen molar-refractivity contribution < 1.29 is 0 Å². The second-order valence-corrected chi connectivity index (χ2v) is 4.37. The molecule has 1 aromatic carbocycles. The quantitative estimate of drug-likeness (QED) is 0.754. The predicted molar refractivity (Wildman–Crippen MR) is 60.8 cm³/mol. The summed E-state index contributed by atoms with van der Waals surface area (Å²) in [6, 6.07) is 7.31. The van der Waals surface area contributed by atoms with Crippen molar-refractivity contribution in [2.75, 3.05) is 7.05 Å². The van der Waals surface area contributed by atoms with Crippen LogP contribution in [0.2, 0.25) is 0 Å². The predicted octanol–water partition coefficient (Wildman–Crippen LogP) is 2.63. The van der Waals surface area contributed by atoms with E-state index in [4.69, 9.17) is 0 Å². The summed E-state index contributed by atoms with van der Waals surface area (Å²) in [5.74, 6) is 0.717. The normalized spacial score (nSPS) is 22.1. The van der Waals surface area contributed by atoms with Crippen molar-refractivity contribution in [2.24, 2.45) is 0 Å². The summed E-state index contributed by atoms with van der Waals surface area (Å²) in [5, 5.41) is 3.37. The lowest BCUT2D eigenvalue weighted by molar-refractivity contribution is 0.492. The lowest BCUT2D eigenvalue weighted by atomic mass is 9.93. The molecule has 1 nitrogen and oxygen atoms in total. The van der Waals surface area contributed by atoms with E-state index in [1.54, 1.807) is 11.1 Å². The first-order valence-corrected chi connectivity index (χ1v) is 5.49. The third kappa shape index (κ3) is 1.46. The lowest BCUT2D eigenvalue weighted by Gasteiger charge is -2.19. The highest BCUT2D eigenvalue weighted by Crippen LogP contribution is 2.36. The second kappa shape index (κ2) is 3.74. The highest BCUT2D eigenvalue weighted by Gasteiger charge is 2.26. The molecular formula is C13H19N. The monoisotopic (exact) mass is 189 g/mol. The average molecular weight is 189 g/mol. The third-order valence-corrected chi connectivity index (χ3v) is 3.61. The van der Waals surface area contributed by atoms with Gasteiger partial charge in [0.1, 0.15) is 0 Å². The van der Waals surface area contributed by atoms with Gasteiger partial charge in [0.2, 0.25) is 0 Å². The van der Waals surface area contributed by atoms with Crippen LogP contribution in [0.5, 0.6) is 0 Å². The molecule has 0 aromatic heterocycles. The highest BCUT2D eigenvalue weighted by atomic mass is 14.9. The first kappa shape index (κ1) is 9.72. The van der Waals surface area contributed by atoms with Crippen LogP contribution in [0, 0.1) is 6.92 Å². The molecule has 0 spiro atoms. The first-order valence-electron chi connectivity index (χ1n) is 5.49. The molecule has 0 amide bonds. The molecule has 1 aliphatic rings. The molecule has 0 saturated carbocycles. The van der Waals surface area contributed by atoms with E-state index in [2.05, 4.69) is 44.4 Å². The van der Waals surface area contributed by atoms with Gasteiger partial charge < -0.3 is 5.32 Å². The van der Waals surface area contributed by atoms with Crippen LogP contribution in [0.1, 0.15) is 36.0 Å². The highest BCUT2D eigenvalue weighted by molar-refractivity contribution is 5.41. The van der Waals surface area contributed by atoms with E-state index in [1.807, 2.05) is 0 Å². The smallest absolute Gasteiger partial charge is 0.0105 e. The van der Waals surface area contributed by atoms with Crippen molar-refractivity contribution >= 4 is 0 Å². The molecule has 14 heavy (non-hydrogen) atoms. The molecule has 1 N–H and O–H groups in total. The zero-order valence-electron chi connectivity index (χ0n) is 9.30. The molecule has 1 heteroatoms. The summed E-state index contributed by atoms with van der Waals surface area (Å²) < 4.78 is 0. The number of hydrogen-bond donors (Lipinski definition) is 1. The minimum Gasteiger partial charge on any atom is -0.317 e. The van der Waals surface area contributed by atoms with Crippen LogP contribution in [-0.2, 0) is 6.42 Å². The zero-order chi connectivity index (χ0) is 10.1. The standard InChI is InChI=1S/C13H19N/c1-9-5-4-6-13-11(9)7-8-12(13)10(2)14-3/h4-6,10,12,14H,7-8H2,1-3H3. The number of likely N-dealkylation sites (N-methyl/N-ethyl adjacent to an activating group) is 1. The molecule has 0 radical (unpaired) electrons. The molecule has 0 aliphatic heterocycles. The molecule has 76 valence electrons. The fourth-order valence-electron chi connectivity index (χ4n) is 2.59. The number of nitrogens with one attached hydrogen (secondary N) is 1. The van der Waals surface area contributed by atoms with E-state index < -0.39 is 0 Å². The summed E-state index contributed by atoms with van der Waals surface area (Å²) in [5.41, 5.74) is 4.64. The Hall–Kier alpha value is -0.820. The van der Waals surface area contributed by atoms with E-state index in [1.165, 1.54) is 18.4 Å². The summed E-state index contributed by atoms with van der Waals surface area (Å²) in [6.45, 7) is 4.51. The van der Waals surface area contributed by atoms with Gasteiger partial charge in [0.25, 0.3) is 0 Å². The van der Waals surface area contributed by atoms with Crippen molar-refractivity contribution in [2.45, 2.75) is 38.6 Å². The Balaban J connectivity index is 2.35. The van der Waals surface area contributed by atoms with E-state index in [9.17, 15) is 0 Å². The third-order valence-electron chi connectivity index (χ3n) is 3.61. The molecule has 2 atom stereocenters. The molecule has 1 aliphatic carbocycles. The number of rotatable bonds is 2. The van der Waals surface area contributed by atoms with Gasteiger partial charge in [0, 0.05) is 6.04 Å². The lowest BCUT2D eigenvalue weighted by Crippen LogP contribution is -2.27. The fraction of sp³-hybridized carbons (Fsp3) is 0.538. The molecular weight excluding hydrogens is 170 g/mol. The topological polar surface area (TPSA) is 12.0 Å². The minimum absolute atomic E-state index is 0.595. The Kier molecular flexibility index (Phi) is 2.60. The van der Waals surface area contributed by atoms with Crippen LogP contribution in [0.3, 0.4) is 0 Å². The molecule has 2 unspecified atom stereocenters. The van der Waals surface area contributed by atoms with Gasteiger partial charge in [-0.25, -0.2) is 0 Å². The molecule has 0 bridgehead atoms. The van der Waals surface area contributed by atoms with E-state index >= 15 is 0 Å². The number of aryl methyl sites for hydroxylation is 1. The largest absolute Gasteiger partial charge is 0.317 e. The SMILES string of the molecule is CNC(C)C1CCc2c(C)cccc21. The van der Waals surface area contributed by atoms with Crippen LogP contribution >= 0.6 is 0 Å². The van der Waals surface area contributed by atoms with Gasteiger partial charge in [-0.1, -0.05) is 18.2 Å². The van der Waals surface area contributed by atoms with Crippen molar-refractivity contribution in [3.8, 4) is 0 Å². The van der Waals surface area contributed by atoms with Crippen molar-refractivity contribution in [3.63, 3.8) is 0 Å². The van der Waals surface area contributed by atoms with Gasteiger partial charge in [0.05, 0.1) is 0 Å². The maximum Gasteiger partial charge on any atom is 0.0105 e. The van der Waals surface area contributed by atoms with Crippen LogP contribution in [0.4, 0.5) is 0 Å². The summed E-state index contributed by atoms with van der Waals surface area (Å²) in [7, 11) is 2.05. The average Bonchev–Trinajstić information content (AvgIpc) is 2.62. The molecule has 1 aromatic rings. The van der Waals surface area contributed by atoms with E-state index in [-0.39, 0.29) is 0 Å². The van der Waals surface area contributed by atoms with Crippen molar-refractivity contribution in [3.05, 3.63) is 34.9 Å². The Morgan fingerprint density at radius 2 is 2.21 bits per heavy atom. The molecule has 2 rings (SSSR count). The van der Waals surface area contributed by atoms with E-state index in [0.29, 0.717) is 6.04 Å². The van der Waals surface area contributed by atoms with Crippen LogP contribution in [-0.4, -0.2) is 13.1 Å². The Morgan fingerprint density at radius 3 is 2.93 bits per heavy atom.